The second kappa shape index (κ2) is 19.8. The minimum absolute atomic E-state index is 0.103. The van der Waals surface area contributed by atoms with Crippen LogP contribution in [0.5, 0.6) is 0 Å². The summed E-state index contributed by atoms with van der Waals surface area (Å²) in [6.45, 7) is 9.82. The maximum absolute atomic E-state index is 13.0. The van der Waals surface area contributed by atoms with Gasteiger partial charge in [0.2, 0.25) is 17.7 Å². The fraction of sp³-hybridized carbons (Fsp3) is 0.567. The van der Waals surface area contributed by atoms with Gasteiger partial charge >= 0.3 is 0 Å². The molecule has 0 fully saturated rings. The Kier molecular flexibility index (Phi) is 17.2. The number of hydrogen-bond acceptors (Lipinski definition) is 6. The van der Waals surface area contributed by atoms with Crippen LogP contribution in [0.15, 0.2) is 57.8 Å². The van der Waals surface area contributed by atoms with Crippen LogP contribution in [0.3, 0.4) is 0 Å². The summed E-state index contributed by atoms with van der Waals surface area (Å²) >= 11 is 0. The Morgan fingerprint density at radius 2 is 1.62 bits per heavy atom. The first-order chi connectivity index (χ1) is 18.6. The van der Waals surface area contributed by atoms with E-state index < -0.39 is 5.91 Å². The molecule has 9 nitrogen and oxygen atoms in total. The minimum Gasteiger partial charge on any atom is -0.467 e. The lowest BCUT2D eigenvalue weighted by atomic mass is 10.1. The summed E-state index contributed by atoms with van der Waals surface area (Å²) in [4.78, 5) is 40.4. The van der Waals surface area contributed by atoms with Gasteiger partial charge in [-0.3, -0.25) is 14.4 Å². The molecular formula is C30H49N5O4. The number of primary amides is 1. The lowest BCUT2D eigenvalue weighted by molar-refractivity contribution is -0.142. The molecule has 0 saturated heterocycles. The Labute approximate surface area is 234 Å². The molecular weight excluding hydrogens is 494 g/mol. The molecule has 0 aliphatic rings. The molecule has 0 saturated carbocycles. The maximum atomic E-state index is 13.0. The van der Waals surface area contributed by atoms with Crippen molar-refractivity contribution >= 4 is 17.7 Å². The van der Waals surface area contributed by atoms with Gasteiger partial charge in [0.25, 0.3) is 0 Å². The monoisotopic (exact) mass is 543 g/mol. The van der Waals surface area contributed by atoms with Crippen molar-refractivity contribution in [2.45, 2.75) is 72.8 Å². The van der Waals surface area contributed by atoms with Crippen LogP contribution >= 0.6 is 0 Å². The van der Waals surface area contributed by atoms with Gasteiger partial charge in [-0.25, -0.2) is 0 Å². The van der Waals surface area contributed by atoms with E-state index in [1.54, 1.807) is 12.1 Å². The van der Waals surface area contributed by atoms with E-state index in [4.69, 9.17) is 15.9 Å². The van der Waals surface area contributed by atoms with E-state index in [2.05, 4.69) is 51.2 Å². The summed E-state index contributed by atoms with van der Waals surface area (Å²) in [5.41, 5.74) is 15.0. The number of furan rings is 1. The van der Waals surface area contributed by atoms with Crippen LogP contribution in [0.25, 0.3) is 0 Å². The molecule has 0 atom stereocenters. The van der Waals surface area contributed by atoms with E-state index in [0.29, 0.717) is 31.8 Å². The molecule has 0 bridgehead atoms. The third kappa shape index (κ3) is 16.4. The van der Waals surface area contributed by atoms with Crippen LogP contribution < -0.4 is 16.8 Å². The summed E-state index contributed by atoms with van der Waals surface area (Å²) in [5.74, 6) is -0.650. The summed E-state index contributed by atoms with van der Waals surface area (Å²) < 4.78 is 5.31. The number of nitrogens with two attached hydrogens (primary N) is 2. The second-order valence-corrected chi connectivity index (χ2v) is 10.2. The Morgan fingerprint density at radius 3 is 2.23 bits per heavy atom. The van der Waals surface area contributed by atoms with Gasteiger partial charge in [-0.15, -0.1) is 0 Å². The molecule has 1 aromatic rings. The largest absolute Gasteiger partial charge is 0.467 e. The summed E-state index contributed by atoms with van der Waals surface area (Å²) in [6.07, 6.45) is 13.7. The fourth-order valence-electron chi connectivity index (χ4n) is 3.89. The van der Waals surface area contributed by atoms with Crippen molar-refractivity contribution in [1.82, 2.24) is 15.1 Å². The Morgan fingerprint density at radius 1 is 0.923 bits per heavy atom. The number of nitrogens with one attached hydrogen (secondary N) is 1. The molecule has 1 rings (SSSR count). The Hall–Kier alpha value is -3.17. The number of carbonyl (C=O) groups excluding carboxylic acids is 3. The number of allylic oxidation sites excluding steroid dienone is 5. The average Bonchev–Trinajstić information content (AvgIpc) is 3.38. The molecule has 0 unspecified atom stereocenters. The predicted octanol–water partition coefficient (Wildman–Crippen LogP) is 3.67. The van der Waals surface area contributed by atoms with Gasteiger partial charge in [0.1, 0.15) is 5.76 Å². The molecule has 218 valence electrons. The SMILES string of the molecule is CC(C)=CCC/C(C)=C/CC/C(C)=C/CNCC(=O)N(CCCCN)CC(=O)N(CC(N)=O)Cc1ccco1. The minimum atomic E-state index is -0.630. The summed E-state index contributed by atoms with van der Waals surface area (Å²) in [6, 6.07) is 3.42. The van der Waals surface area contributed by atoms with Crippen LogP contribution in [0.4, 0.5) is 0 Å². The van der Waals surface area contributed by atoms with Gasteiger partial charge in [0, 0.05) is 13.1 Å². The summed E-state index contributed by atoms with van der Waals surface area (Å²) in [7, 11) is 0. The highest BCUT2D eigenvalue weighted by atomic mass is 16.3. The zero-order valence-corrected chi connectivity index (χ0v) is 24.3. The Balaban J connectivity index is 2.60. The quantitative estimate of drug-likeness (QED) is 0.170. The van der Waals surface area contributed by atoms with E-state index in [-0.39, 0.29) is 38.0 Å². The predicted molar refractivity (Wildman–Crippen MR) is 156 cm³/mol. The van der Waals surface area contributed by atoms with Crippen molar-refractivity contribution in [1.29, 1.82) is 0 Å². The van der Waals surface area contributed by atoms with E-state index in [1.165, 1.54) is 32.8 Å². The summed E-state index contributed by atoms with van der Waals surface area (Å²) in [5, 5.41) is 3.17. The van der Waals surface area contributed by atoms with Crippen LogP contribution in [0.2, 0.25) is 0 Å². The fourth-order valence-corrected chi connectivity index (χ4v) is 3.89. The van der Waals surface area contributed by atoms with Crippen LogP contribution in [-0.4, -0.2) is 66.8 Å². The van der Waals surface area contributed by atoms with E-state index >= 15 is 0 Å². The molecule has 0 aliphatic heterocycles. The highest BCUT2D eigenvalue weighted by Crippen LogP contribution is 2.11. The van der Waals surface area contributed by atoms with Gasteiger partial charge in [0.15, 0.2) is 0 Å². The Bertz CT molecular complexity index is 962. The number of hydrogen-bond donors (Lipinski definition) is 3. The zero-order chi connectivity index (χ0) is 29.0. The first-order valence-corrected chi connectivity index (χ1v) is 13.8. The highest BCUT2D eigenvalue weighted by molar-refractivity contribution is 5.88. The third-order valence-corrected chi connectivity index (χ3v) is 6.18. The topological polar surface area (TPSA) is 135 Å². The molecule has 1 aromatic heterocycles. The standard InChI is InChI=1S/C30H49N5O4/c1-24(2)10-7-11-25(3)12-8-13-26(4)15-17-33-20-29(37)34(18-6-5-16-31)23-30(38)35(22-28(32)36)21-27-14-9-19-39-27/h9-10,12,14-15,19,33H,5-8,11,13,16-18,20-23,31H2,1-4H3,(H2,32,36)/b25-12+,26-15+. The number of nitrogens with zero attached hydrogens (tertiary/aromatic N) is 2. The number of unbranched alkanes of at least 4 members (excludes halogenated alkanes) is 1. The van der Waals surface area contributed by atoms with E-state index in [0.717, 1.165) is 32.1 Å². The van der Waals surface area contributed by atoms with Gasteiger partial charge in [0.05, 0.1) is 32.4 Å². The van der Waals surface area contributed by atoms with Crippen molar-refractivity contribution in [2.75, 3.05) is 39.3 Å². The van der Waals surface area contributed by atoms with Gasteiger partial charge in [-0.2, -0.15) is 0 Å². The number of rotatable bonds is 20. The molecule has 3 amide bonds. The number of carbonyl (C=O) groups is 3. The van der Waals surface area contributed by atoms with Crippen LogP contribution in [0.1, 0.15) is 72.0 Å². The smallest absolute Gasteiger partial charge is 0.243 e. The third-order valence-electron chi connectivity index (χ3n) is 6.18. The number of amides is 3. The van der Waals surface area contributed by atoms with Gasteiger partial charge < -0.3 is 31.0 Å². The molecule has 39 heavy (non-hydrogen) atoms. The second-order valence-electron chi connectivity index (χ2n) is 10.2. The molecule has 0 aromatic carbocycles. The van der Waals surface area contributed by atoms with Crippen molar-refractivity contribution < 1.29 is 18.8 Å². The lowest BCUT2D eigenvalue weighted by Crippen LogP contribution is -2.47. The normalized spacial score (nSPS) is 11.8. The van der Waals surface area contributed by atoms with Crippen LogP contribution in [-0.2, 0) is 20.9 Å². The molecule has 0 aliphatic carbocycles. The van der Waals surface area contributed by atoms with Gasteiger partial charge in [-0.1, -0.05) is 34.9 Å². The van der Waals surface area contributed by atoms with Crippen molar-refractivity contribution in [3.63, 3.8) is 0 Å². The van der Waals surface area contributed by atoms with Crippen molar-refractivity contribution in [3.8, 4) is 0 Å². The highest BCUT2D eigenvalue weighted by Gasteiger charge is 2.23. The first-order valence-electron chi connectivity index (χ1n) is 13.8. The molecule has 9 heteroatoms. The van der Waals surface area contributed by atoms with E-state index in [1.807, 2.05) is 0 Å². The molecule has 1 heterocycles. The average molecular weight is 544 g/mol. The lowest BCUT2D eigenvalue weighted by Gasteiger charge is -2.26. The van der Waals surface area contributed by atoms with E-state index in [9.17, 15) is 14.4 Å². The van der Waals surface area contributed by atoms with Crippen molar-refractivity contribution in [3.05, 3.63) is 59.1 Å². The van der Waals surface area contributed by atoms with Crippen LogP contribution in [0, 0.1) is 0 Å². The zero-order valence-electron chi connectivity index (χ0n) is 24.3. The molecule has 5 N–H and O–H groups in total. The first kappa shape index (κ1) is 33.9. The van der Waals surface area contributed by atoms with Gasteiger partial charge in [-0.05, 0) is 84.9 Å². The van der Waals surface area contributed by atoms with Crippen molar-refractivity contribution in [2.24, 2.45) is 11.5 Å². The molecule has 0 spiro atoms. The maximum Gasteiger partial charge on any atom is 0.243 e. The molecule has 0 radical (unpaired) electrons.